The highest BCUT2D eigenvalue weighted by Gasteiger charge is 2.30. The number of anilines is 11. The fourth-order valence-electron chi connectivity index (χ4n) is 13.7. The third-order valence-electron chi connectivity index (χ3n) is 22.5. The first kappa shape index (κ1) is 106. The molecule has 12 aromatic rings. The van der Waals surface area contributed by atoms with Gasteiger partial charge in [-0.25, -0.2) is 84.7 Å². The maximum Gasteiger partial charge on any atom is 0.187 e. The van der Waals surface area contributed by atoms with Crippen LogP contribution in [0.25, 0.3) is 0 Å². The molecular formula is C101H143N29O6. The number of ether oxygens (including phenoxy) is 6. The number of nitrogens with two attached hydrogens (primary N) is 6. The Morgan fingerprint density at radius 3 is 0.875 bits per heavy atom. The molecule has 0 spiro atoms. The van der Waals surface area contributed by atoms with Gasteiger partial charge < -0.3 is 87.3 Å². The number of hydrogen-bond acceptors (Lipinski definition) is 35. The molecule has 0 aromatic carbocycles. The van der Waals surface area contributed by atoms with Crippen molar-refractivity contribution in [1.82, 2.24) is 89.7 Å². The van der Waals surface area contributed by atoms with E-state index in [4.69, 9.17) is 62.8 Å². The van der Waals surface area contributed by atoms with Gasteiger partial charge in [-0.1, -0.05) is 104 Å². The van der Waals surface area contributed by atoms with Gasteiger partial charge in [0, 0.05) is 184 Å². The number of aryl methyl sites for hydroxylation is 6. The van der Waals surface area contributed by atoms with E-state index in [-0.39, 0.29) is 23.2 Å². The summed E-state index contributed by atoms with van der Waals surface area (Å²) in [5.41, 5.74) is 42.7. The van der Waals surface area contributed by atoms with Crippen LogP contribution in [0.3, 0.4) is 0 Å². The van der Waals surface area contributed by atoms with E-state index in [1.54, 1.807) is 78.7 Å². The minimum Gasteiger partial charge on any atom is -0.451 e. The minimum atomic E-state index is -0.0526. The fourth-order valence-corrected chi connectivity index (χ4v) is 13.7. The van der Waals surface area contributed by atoms with Crippen LogP contribution in [0.15, 0.2) is 111 Å². The van der Waals surface area contributed by atoms with Crippen LogP contribution < -0.4 is 87.3 Å². The summed E-state index contributed by atoms with van der Waals surface area (Å²) in [6, 6.07) is 12.7. The summed E-state index contributed by atoms with van der Waals surface area (Å²) >= 11 is 0. The van der Waals surface area contributed by atoms with Crippen molar-refractivity contribution in [3.63, 3.8) is 0 Å². The highest BCUT2D eigenvalue weighted by molar-refractivity contribution is 5.60. The molecular weight excluding hydrogens is 1720 g/mol. The molecule has 136 heavy (non-hydrogen) atoms. The molecule has 0 bridgehead atoms. The van der Waals surface area contributed by atoms with Crippen LogP contribution in [0.1, 0.15) is 274 Å². The van der Waals surface area contributed by atoms with E-state index in [0.29, 0.717) is 134 Å². The molecule has 1 aliphatic carbocycles. The summed E-state index contributed by atoms with van der Waals surface area (Å²) in [7, 11) is 6.07. The number of pyridine rings is 6. The van der Waals surface area contributed by atoms with Crippen molar-refractivity contribution in [2.24, 2.45) is 0 Å². The molecule has 12 aromatic heterocycles. The Balaban J connectivity index is 0.000000183. The molecule has 2 fully saturated rings. The summed E-state index contributed by atoms with van der Waals surface area (Å²) < 4.78 is 36.1. The van der Waals surface area contributed by atoms with Crippen LogP contribution in [-0.4, -0.2) is 156 Å². The van der Waals surface area contributed by atoms with E-state index in [0.717, 1.165) is 135 Å². The summed E-state index contributed by atoms with van der Waals surface area (Å²) in [6.45, 7) is 57.7. The zero-order valence-corrected chi connectivity index (χ0v) is 85.1. The number of aromatic nitrogens is 18. The van der Waals surface area contributed by atoms with Gasteiger partial charge >= 0.3 is 0 Å². The first-order valence-electron chi connectivity index (χ1n) is 46.6. The number of hydrogen-bond donors (Lipinski definition) is 6. The average Bonchev–Trinajstić information content (AvgIpc) is 1.59. The highest BCUT2D eigenvalue weighted by atomic mass is 16.5. The first-order chi connectivity index (χ1) is 64.3. The van der Waals surface area contributed by atoms with Gasteiger partial charge in [0.25, 0.3) is 0 Å². The largest absolute Gasteiger partial charge is 0.451 e. The van der Waals surface area contributed by atoms with Crippen molar-refractivity contribution < 1.29 is 28.4 Å². The fraction of sp³-hybridized carbons (Fsp3) is 0.465. The topological polar surface area (TPSA) is 460 Å². The van der Waals surface area contributed by atoms with Crippen LogP contribution in [0.2, 0.25) is 0 Å². The van der Waals surface area contributed by atoms with Crippen molar-refractivity contribution in [3.05, 3.63) is 185 Å². The molecule has 12 N–H and O–H groups in total. The number of rotatable bonds is 28. The van der Waals surface area contributed by atoms with Gasteiger partial charge in [0.05, 0.1) is 37.2 Å². The second-order valence-corrected chi connectivity index (χ2v) is 36.7. The molecule has 1 saturated carbocycles. The quantitative estimate of drug-likeness (QED) is 0.0265. The van der Waals surface area contributed by atoms with Gasteiger partial charge in [-0.05, 0) is 137 Å². The first-order valence-corrected chi connectivity index (χ1v) is 46.6. The second kappa shape index (κ2) is 48.3. The van der Waals surface area contributed by atoms with Crippen LogP contribution >= 0.6 is 0 Å². The number of nitrogen functional groups attached to an aromatic ring is 6. The zero-order valence-electron chi connectivity index (χ0n) is 85.1. The molecule has 35 heteroatoms. The van der Waals surface area contributed by atoms with Gasteiger partial charge in [0.1, 0.15) is 98.5 Å². The maximum absolute atomic E-state index is 6.04. The lowest BCUT2D eigenvalue weighted by Crippen LogP contribution is -2.26. The minimum absolute atomic E-state index is 0.0526. The van der Waals surface area contributed by atoms with Gasteiger partial charge in [-0.2, -0.15) is 0 Å². The van der Waals surface area contributed by atoms with E-state index in [1.807, 2.05) is 92.6 Å². The van der Waals surface area contributed by atoms with Gasteiger partial charge in [0.15, 0.2) is 69.4 Å². The van der Waals surface area contributed by atoms with Crippen LogP contribution in [-0.2, 0) is 5.41 Å². The van der Waals surface area contributed by atoms with Crippen molar-refractivity contribution in [2.45, 2.75) is 259 Å². The van der Waals surface area contributed by atoms with Crippen LogP contribution in [0.5, 0.6) is 69.0 Å². The normalized spacial score (nSPS) is 12.2. The molecule has 0 amide bonds. The molecule has 1 aliphatic heterocycles. The van der Waals surface area contributed by atoms with E-state index < -0.39 is 0 Å². The van der Waals surface area contributed by atoms with Crippen molar-refractivity contribution in [3.8, 4) is 69.0 Å². The SMILES string of the molecule is CCN(C)c1cc(Oc2cnc(C)nc2N)c(C(C)C)cn1.CCN(CC)c1cc(Oc2cnc(C)nc2N)c(C(C)C)cn1.Cc1ncc(Oc2cc(C(C)(C)C)ncc2C(C)C)c(N)n1.Cc1ncc(Oc2cc(N(C)C(C)C)ncc2C(C)C)c(N)n1.Cc1ncc(Oc2cc(N(C)C3CC3)ncc2C(C)C)c(N)n1.Cc1ncc(Oc2cc(N3CCCC3)ncc2C(C)C)c(N)n1. The summed E-state index contributed by atoms with van der Waals surface area (Å²) in [4.78, 5) is 88.0. The number of nitrogens with zero attached hydrogens (tertiary/aromatic N) is 23. The molecule has 2 aliphatic rings. The van der Waals surface area contributed by atoms with E-state index in [1.165, 1.54) is 25.7 Å². The second-order valence-electron chi connectivity index (χ2n) is 36.7. The van der Waals surface area contributed by atoms with E-state index in [9.17, 15) is 0 Å². The molecule has 13 heterocycles. The summed E-state index contributed by atoms with van der Waals surface area (Å²) in [5, 5.41) is 0. The van der Waals surface area contributed by atoms with Gasteiger partial charge in [-0.3, -0.25) is 4.98 Å². The Kier molecular flexibility index (Phi) is 37.5. The Morgan fingerprint density at radius 2 is 0.588 bits per heavy atom. The molecule has 728 valence electrons. The molecule has 0 radical (unpaired) electrons. The van der Waals surface area contributed by atoms with Crippen LogP contribution in [0, 0.1) is 41.5 Å². The van der Waals surface area contributed by atoms with E-state index >= 15 is 0 Å². The standard InChI is InChI=1S/2C17H23N5O.2C17H25N5O.C17H24N4O.C16H23N5O/c1-10(2)13-8-20-16(22(4)12-5-6-12)7-14(13)23-15-9-19-11(3)21-17(15)18;1-11(2)13-9-20-16(22-6-4-5-7-22)8-14(13)23-15-10-19-12(3)21-17(15)18;1-10(2)13-8-20-16(22(6)11(3)4)7-14(13)23-15-9-19-12(5)21-17(15)18;1-6-22(7-2)16-8-14(13(9-20-16)11(3)4)23-15-10-19-12(5)21-17(15)18;1-10(2)12-8-20-15(17(4,5)6)7-13(12)22-14-9-19-11(3)21-16(14)18;1-6-21(5)15-7-13(12(8-19-15)10(2)3)22-14-9-18-11(4)20-16(14)17/h7-10,12H,5-6H2,1-4H3,(H2,18,19,21);8-11H,4-7H2,1-3H3,(H2,18,19,21);7-11H,1-6H3,(H2,18,19,21);8-11H,6-7H2,1-5H3,(H2,18,19,21);7-10H,1-6H3,(H2,18,19,21);7-10H,6H2,1-5H3,(H2,17,18,20). The molecule has 35 nitrogen and oxygen atoms in total. The molecule has 0 atom stereocenters. The van der Waals surface area contributed by atoms with Crippen LogP contribution in [0.4, 0.5) is 64.0 Å². The third kappa shape index (κ3) is 29.5. The Bertz CT molecular complexity index is 5500. The highest BCUT2D eigenvalue weighted by Crippen LogP contribution is 2.43. The lowest BCUT2D eigenvalue weighted by Gasteiger charge is -2.24. The monoisotopic (exact) mass is 1860 g/mol. The van der Waals surface area contributed by atoms with E-state index in [2.05, 4.69) is 255 Å². The van der Waals surface area contributed by atoms with Crippen molar-refractivity contribution in [2.75, 3.05) is 113 Å². The predicted molar refractivity (Wildman–Crippen MR) is 545 cm³/mol. The Hall–Kier alpha value is -14.0. The zero-order chi connectivity index (χ0) is 99.9. The smallest absolute Gasteiger partial charge is 0.187 e. The maximum atomic E-state index is 6.04. The van der Waals surface area contributed by atoms with Gasteiger partial charge in [-0.15, -0.1) is 0 Å². The lowest BCUT2D eigenvalue weighted by atomic mass is 9.90. The third-order valence-corrected chi connectivity index (χ3v) is 22.5. The molecule has 0 unspecified atom stereocenters. The van der Waals surface area contributed by atoms with Crippen molar-refractivity contribution in [1.29, 1.82) is 0 Å². The molecule has 14 rings (SSSR count). The Labute approximate surface area is 803 Å². The summed E-state index contributed by atoms with van der Waals surface area (Å²) in [6.07, 6.45) is 25.8. The Morgan fingerprint density at radius 1 is 0.324 bits per heavy atom. The lowest BCUT2D eigenvalue weighted by molar-refractivity contribution is 0.463. The molecule has 1 saturated heterocycles. The van der Waals surface area contributed by atoms with Gasteiger partial charge in [0.2, 0.25) is 0 Å². The van der Waals surface area contributed by atoms with Crippen molar-refractivity contribution >= 4 is 64.0 Å². The average molecular weight is 1860 g/mol. The summed E-state index contributed by atoms with van der Waals surface area (Å²) in [5.74, 6) is 19.3. The predicted octanol–water partition coefficient (Wildman–Crippen LogP) is 20.7.